The smallest absolute Gasteiger partial charge is 0.303 e. The summed E-state index contributed by atoms with van der Waals surface area (Å²) < 4.78 is 22.1. The van der Waals surface area contributed by atoms with Gasteiger partial charge in [0, 0.05) is 20.8 Å². The molecule has 2 aliphatic heterocycles. The third kappa shape index (κ3) is 5.19. The Kier molecular flexibility index (Phi) is 7.75. The highest BCUT2D eigenvalue weighted by atomic mass is 32.2. The van der Waals surface area contributed by atoms with Crippen molar-refractivity contribution in [1.29, 1.82) is 0 Å². The van der Waals surface area contributed by atoms with Crippen molar-refractivity contribution in [2.24, 2.45) is 0 Å². The molecule has 11 heteroatoms. The molecule has 2 aliphatic rings. The Labute approximate surface area is 194 Å². The van der Waals surface area contributed by atoms with Crippen LogP contribution in [0.2, 0.25) is 0 Å². The van der Waals surface area contributed by atoms with Gasteiger partial charge in [0.05, 0.1) is 11.1 Å². The van der Waals surface area contributed by atoms with Gasteiger partial charge >= 0.3 is 17.9 Å². The highest BCUT2D eigenvalue weighted by molar-refractivity contribution is 7.99. The molecule has 2 amide bonds. The predicted octanol–water partition coefficient (Wildman–Crippen LogP) is 1.56. The Morgan fingerprint density at radius 3 is 1.97 bits per heavy atom. The molecule has 10 nitrogen and oxygen atoms in total. The SMILES string of the molecule is CCSC1OC(COC(C)=O)C(OC(C)=O)[C@H](OC(C)=O)C1N1C(=O)c2ccccc2C1=O. The number of hydrogen-bond acceptors (Lipinski definition) is 10. The highest BCUT2D eigenvalue weighted by Gasteiger charge is 2.56. The van der Waals surface area contributed by atoms with Crippen LogP contribution in [-0.2, 0) is 33.3 Å². The lowest BCUT2D eigenvalue weighted by Gasteiger charge is -2.47. The highest BCUT2D eigenvalue weighted by Crippen LogP contribution is 2.38. The number of nitrogens with zero attached hydrogens (tertiary/aromatic N) is 1. The molecule has 0 aromatic heterocycles. The van der Waals surface area contributed by atoms with Gasteiger partial charge in [-0.05, 0) is 17.9 Å². The van der Waals surface area contributed by atoms with Crippen molar-refractivity contribution in [3.05, 3.63) is 35.4 Å². The number of benzene rings is 1. The number of thioether (sulfide) groups is 1. The lowest BCUT2D eigenvalue weighted by molar-refractivity contribution is -0.216. The van der Waals surface area contributed by atoms with Crippen LogP contribution < -0.4 is 0 Å². The van der Waals surface area contributed by atoms with E-state index in [1.807, 2.05) is 6.92 Å². The molecule has 1 aromatic rings. The van der Waals surface area contributed by atoms with Gasteiger partial charge in [-0.25, -0.2) is 0 Å². The molecule has 1 saturated heterocycles. The first kappa shape index (κ1) is 24.7. The Morgan fingerprint density at radius 1 is 0.939 bits per heavy atom. The van der Waals surface area contributed by atoms with Gasteiger partial charge in [0.1, 0.15) is 24.2 Å². The average Bonchev–Trinajstić information content (AvgIpc) is 2.99. The summed E-state index contributed by atoms with van der Waals surface area (Å²) in [6.07, 6.45) is -3.46. The molecule has 4 unspecified atom stereocenters. The summed E-state index contributed by atoms with van der Waals surface area (Å²) in [5, 5.41) is 0. The molecule has 0 N–H and O–H groups in total. The Hall–Kier alpha value is -2.92. The van der Waals surface area contributed by atoms with Crippen molar-refractivity contribution < 1.29 is 42.9 Å². The number of imide groups is 1. The molecule has 1 aromatic carbocycles. The minimum atomic E-state index is -1.24. The van der Waals surface area contributed by atoms with Crippen molar-refractivity contribution in [3.8, 4) is 0 Å². The van der Waals surface area contributed by atoms with Crippen LogP contribution in [0.5, 0.6) is 0 Å². The normalized spacial score (nSPS) is 26.5. The number of rotatable bonds is 7. The van der Waals surface area contributed by atoms with E-state index in [1.165, 1.54) is 37.7 Å². The number of esters is 3. The molecule has 33 heavy (non-hydrogen) atoms. The molecule has 0 spiro atoms. The molecule has 2 heterocycles. The third-order valence-electron chi connectivity index (χ3n) is 5.12. The van der Waals surface area contributed by atoms with E-state index in [1.54, 1.807) is 12.1 Å². The summed E-state index contributed by atoms with van der Waals surface area (Å²) in [6, 6.07) is 5.27. The van der Waals surface area contributed by atoms with Crippen molar-refractivity contribution in [1.82, 2.24) is 4.90 Å². The summed E-state index contributed by atoms with van der Waals surface area (Å²) in [5.74, 6) is -2.57. The van der Waals surface area contributed by atoms with E-state index in [4.69, 9.17) is 18.9 Å². The standard InChI is InChI=1S/C22H25NO9S/c1-5-33-22-17(23-20(27)14-8-6-7-9-15(14)21(23)28)19(31-13(4)26)18(30-12(3)25)16(32-22)10-29-11(2)24/h6-9,16-19,22H,5,10H2,1-4H3/t16?,17?,18?,19-,22?/m1/s1. The van der Waals surface area contributed by atoms with E-state index in [-0.39, 0.29) is 17.7 Å². The number of carbonyl (C=O) groups is 5. The van der Waals surface area contributed by atoms with Gasteiger partial charge in [0.15, 0.2) is 12.2 Å². The molecule has 0 aliphatic carbocycles. The van der Waals surface area contributed by atoms with Crippen LogP contribution in [0.15, 0.2) is 24.3 Å². The molecular weight excluding hydrogens is 454 g/mol. The van der Waals surface area contributed by atoms with Crippen LogP contribution in [0.4, 0.5) is 0 Å². The number of amides is 2. The average molecular weight is 480 g/mol. The van der Waals surface area contributed by atoms with E-state index in [0.29, 0.717) is 5.75 Å². The number of ether oxygens (including phenoxy) is 4. The monoisotopic (exact) mass is 479 g/mol. The van der Waals surface area contributed by atoms with Gasteiger partial charge in [0.2, 0.25) is 0 Å². The lowest BCUT2D eigenvalue weighted by Crippen LogP contribution is -2.66. The maximum absolute atomic E-state index is 13.2. The Balaban J connectivity index is 2.07. The fraction of sp³-hybridized carbons (Fsp3) is 0.500. The third-order valence-corrected chi connectivity index (χ3v) is 6.18. The molecular formula is C22H25NO9S. The zero-order chi connectivity index (χ0) is 24.3. The lowest BCUT2D eigenvalue weighted by atomic mass is 9.96. The quantitative estimate of drug-likeness (QED) is 0.323. The Bertz CT molecular complexity index is 930. The van der Waals surface area contributed by atoms with Crippen LogP contribution in [0.1, 0.15) is 48.4 Å². The van der Waals surface area contributed by atoms with E-state index >= 15 is 0 Å². The molecule has 1 fully saturated rings. The molecule has 178 valence electrons. The topological polar surface area (TPSA) is 126 Å². The van der Waals surface area contributed by atoms with Crippen LogP contribution in [0.3, 0.4) is 0 Å². The molecule has 5 atom stereocenters. The van der Waals surface area contributed by atoms with Gasteiger partial charge in [-0.3, -0.25) is 28.9 Å². The van der Waals surface area contributed by atoms with E-state index in [2.05, 4.69) is 0 Å². The first-order chi connectivity index (χ1) is 15.6. The fourth-order valence-corrected chi connectivity index (χ4v) is 4.96. The van der Waals surface area contributed by atoms with E-state index in [9.17, 15) is 24.0 Å². The summed E-state index contributed by atoms with van der Waals surface area (Å²) in [6.45, 7) is 5.13. The predicted molar refractivity (Wildman–Crippen MR) is 115 cm³/mol. The summed E-state index contributed by atoms with van der Waals surface area (Å²) in [5.41, 5.74) is -0.403. The zero-order valence-electron chi connectivity index (χ0n) is 18.6. The maximum Gasteiger partial charge on any atom is 0.303 e. The number of carbonyl (C=O) groups excluding carboxylic acids is 5. The van der Waals surface area contributed by atoms with Crippen LogP contribution >= 0.6 is 11.8 Å². The molecule has 3 rings (SSSR count). The van der Waals surface area contributed by atoms with Crippen molar-refractivity contribution >= 4 is 41.5 Å². The molecule has 0 radical (unpaired) electrons. The van der Waals surface area contributed by atoms with Crippen molar-refractivity contribution in [2.45, 2.75) is 57.5 Å². The number of hydrogen-bond donors (Lipinski definition) is 0. The van der Waals surface area contributed by atoms with E-state index in [0.717, 1.165) is 11.8 Å². The second kappa shape index (κ2) is 10.3. The van der Waals surface area contributed by atoms with E-state index < -0.39 is 59.5 Å². The molecule has 0 saturated carbocycles. The van der Waals surface area contributed by atoms with Crippen LogP contribution in [0.25, 0.3) is 0 Å². The summed E-state index contributed by atoms with van der Waals surface area (Å²) >= 11 is 1.28. The van der Waals surface area contributed by atoms with Gasteiger partial charge in [-0.15, -0.1) is 11.8 Å². The minimum absolute atomic E-state index is 0.218. The second-order valence-electron chi connectivity index (χ2n) is 7.47. The van der Waals surface area contributed by atoms with Gasteiger partial charge in [-0.1, -0.05) is 19.1 Å². The van der Waals surface area contributed by atoms with Crippen LogP contribution in [-0.4, -0.2) is 76.8 Å². The van der Waals surface area contributed by atoms with Gasteiger partial charge in [0.25, 0.3) is 11.8 Å². The van der Waals surface area contributed by atoms with Crippen molar-refractivity contribution in [2.75, 3.05) is 12.4 Å². The van der Waals surface area contributed by atoms with Crippen LogP contribution in [0, 0.1) is 0 Å². The Morgan fingerprint density at radius 2 is 1.48 bits per heavy atom. The maximum atomic E-state index is 13.2. The van der Waals surface area contributed by atoms with Gasteiger partial charge in [-0.2, -0.15) is 0 Å². The fourth-order valence-electron chi connectivity index (χ4n) is 3.94. The van der Waals surface area contributed by atoms with Crippen molar-refractivity contribution in [3.63, 3.8) is 0 Å². The summed E-state index contributed by atoms with van der Waals surface area (Å²) in [4.78, 5) is 62.8. The minimum Gasteiger partial charge on any atom is -0.463 e. The largest absolute Gasteiger partial charge is 0.463 e. The first-order valence-corrected chi connectivity index (χ1v) is 11.4. The van der Waals surface area contributed by atoms with Gasteiger partial charge < -0.3 is 18.9 Å². The number of fused-ring (bicyclic) bond motifs is 1. The summed E-state index contributed by atoms with van der Waals surface area (Å²) in [7, 11) is 0. The first-order valence-electron chi connectivity index (χ1n) is 10.4. The molecule has 0 bridgehead atoms. The second-order valence-corrected chi connectivity index (χ2v) is 8.84. The zero-order valence-corrected chi connectivity index (χ0v) is 19.5.